The van der Waals surface area contributed by atoms with E-state index in [1.165, 1.54) is 12.1 Å². The Hall–Kier alpha value is -2.17. The largest absolute Gasteiger partial charge is 0.457 e. The van der Waals surface area contributed by atoms with Crippen LogP contribution in [0, 0.1) is 34.4 Å². The van der Waals surface area contributed by atoms with Gasteiger partial charge in [-0.25, -0.2) is 4.39 Å². The van der Waals surface area contributed by atoms with Crippen LogP contribution < -0.4 is 4.74 Å². The molecule has 0 bridgehead atoms. The third kappa shape index (κ3) is 5.06. The van der Waals surface area contributed by atoms with E-state index in [-0.39, 0.29) is 17.3 Å². The van der Waals surface area contributed by atoms with Gasteiger partial charge in [-0.2, -0.15) is 5.26 Å². The van der Waals surface area contributed by atoms with Crippen LogP contribution in [0.2, 0.25) is 0 Å². The van der Waals surface area contributed by atoms with Crippen LogP contribution in [0.1, 0.15) is 25.5 Å². The number of allylic oxidation sites excluding steroid dienone is 1. The number of rotatable bonds is 6. The van der Waals surface area contributed by atoms with Gasteiger partial charge in [-0.1, -0.05) is 38.1 Å². The molecule has 1 aliphatic carbocycles. The highest BCUT2D eigenvalue weighted by Gasteiger charge is 2.61. The van der Waals surface area contributed by atoms with E-state index in [4.69, 9.17) is 9.47 Å². The molecular formula is C22H18Br2FNO3. The predicted molar refractivity (Wildman–Crippen MR) is 114 cm³/mol. The summed E-state index contributed by atoms with van der Waals surface area (Å²) < 4.78 is 25.3. The zero-order valence-corrected chi connectivity index (χ0v) is 18.9. The third-order valence-corrected chi connectivity index (χ3v) is 5.54. The Kier molecular flexibility index (Phi) is 6.45. The summed E-state index contributed by atoms with van der Waals surface area (Å²) in [6.45, 7) is 3.97. The smallest absolute Gasteiger partial charge is 0.311 e. The third-order valence-electron chi connectivity index (χ3n) is 5.01. The zero-order valence-electron chi connectivity index (χ0n) is 15.7. The highest BCUT2D eigenvalue weighted by atomic mass is 79.9. The molecule has 2 aromatic carbocycles. The fourth-order valence-corrected chi connectivity index (χ4v) is 3.91. The van der Waals surface area contributed by atoms with Crippen molar-refractivity contribution >= 4 is 37.8 Å². The summed E-state index contributed by atoms with van der Waals surface area (Å²) in [5, 5.41) is 9.54. The topological polar surface area (TPSA) is 59.3 Å². The number of carbonyl (C=O) groups is 1. The van der Waals surface area contributed by atoms with Crippen LogP contribution >= 0.6 is 31.9 Å². The lowest BCUT2D eigenvalue weighted by atomic mass is 10.1. The van der Waals surface area contributed by atoms with Crippen molar-refractivity contribution < 1.29 is 18.7 Å². The molecule has 3 rings (SSSR count). The minimum Gasteiger partial charge on any atom is -0.457 e. The second kappa shape index (κ2) is 8.68. The van der Waals surface area contributed by atoms with Gasteiger partial charge >= 0.3 is 5.97 Å². The normalized spacial score (nSPS) is 20.1. The number of halogens is 3. The first-order valence-corrected chi connectivity index (χ1v) is 10.5. The van der Waals surface area contributed by atoms with E-state index in [1.807, 2.05) is 26.0 Å². The fraction of sp³-hybridized carbons (Fsp3) is 0.273. The van der Waals surface area contributed by atoms with E-state index in [0.717, 1.165) is 3.39 Å². The minimum atomic E-state index is -1.06. The van der Waals surface area contributed by atoms with Crippen LogP contribution in [0.3, 0.4) is 0 Å². The molecule has 0 saturated heterocycles. The van der Waals surface area contributed by atoms with Gasteiger partial charge in [0.25, 0.3) is 0 Å². The fourth-order valence-electron chi connectivity index (χ4n) is 3.34. The molecule has 0 N–H and O–H groups in total. The first kappa shape index (κ1) is 21.5. The van der Waals surface area contributed by atoms with Gasteiger partial charge in [0.15, 0.2) is 0 Å². The van der Waals surface area contributed by atoms with Crippen LogP contribution in [-0.2, 0) is 9.53 Å². The predicted octanol–water partition coefficient (Wildman–Crippen LogP) is 6.63. The molecule has 150 valence electrons. The monoisotopic (exact) mass is 521 g/mol. The lowest BCUT2D eigenvalue weighted by molar-refractivity contribution is -0.149. The van der Waals surface area contributed by atoms with Crippen LogP contribution in [0.15, 0.2) is 58.0 Å². The summed E-state index contributed by atoms with van der Waals surface area (Å²) in [6.07, 6.45) is 0.854. The minimum absolute atomic E-state index is 0.0192. The van der Waals surface area contributed by atoms with E-state index in [2.05, 4.69) is 31.9 Å². The standard InChI is InChI=1S/C22H18Br2FNO3/c1-22(2)17(11-19(23)24)20(22)21(27)29-18(12-26)13-5-3-7-15(9-13)28-16-8-4-6-14(25)10-16/h3-11,17-18,20H,1-2H3/t17-,18-,20-/m0/s1. The van der Waals surface area contributed by atoms with E-state index < -0.39 is 17.9 Å². The van der Waals surface area contributed by atoms with Gasteiger partial charge in [0.05, 0.1) is 9.31 Å². The lowest BCUT2D eigenvalue weighted by Gasteiger charge is -2.13. The summed E-state index contributed by atoms with van der Waals surface area (Å²) >= 11 is 6.64. The van der Waals surface area contributed by atoms with E-state index in [9.17, 15) is 14.4 Å². The van der Waals surface area contributed by atoms with Crippen LogP contribution in [-0.4, -0.2) is 5.97 Å². The Balaban J connectivity index is 1.73. The molecule has 0 unspecified atom stereocenters. The average Bonchev–Trinajstić information content (AvgIpc) is 3.19. The van der Waals surface area contributed by atoms with E-state index in [1.54, 1.807) is 36.4 Å². The highest BCUT2D eigenvalue weighted by molar-refractivity contribution is 9.28. The number of hydrogen-bond acceptors (Lipinski definition) is 4. The second-order valence-electron chi connectivity index (χ2n) is 7.36. The Morgan fingerprint density at radius 3 is 2.48 bits per heavy atom. The molecule has 0 aliphatic heterocycles. The Morgan fingerprint density at radius 2 is 1.86 bits per heavy atom. The number of hydrogen-bond donors (Lipinski definition) is 0. The van der Waals surface area contributed by atoms with E-state index >= 15 is 0 Å². The molecule has 1 saturated carbocycles. The van der Waals surface area contributed by atoms with Crippen molar-refractivity contribution in [3.63, 3.8) is 0 Å². The number of ether oxygens (including phenoxy) is 2. The molecule has 0 aromatic heterocycles. The molecule has 2 aromatic rings. The van der Waals surface area contributed by atoms with Crippen molar-refractivity contribution in [1.82, 2.24) is 0 Å². The zero-order chi connectivity index (χ0) is 21.2. The lowest BCUT2D eigenvalue weighted by Crippen LogP contribution is -2.14. The molecule has 0 radical (unpaired) electrons. The van der Waals surface area contributed by atoms with Gasteiger partial charge in [0, 0.05) is 11.6 Å². The van der Waals surface area contributed by atoms with Crippen molar-refractivity contribution in [2.24, 2.45) is 17.3 Å². The SMILES string of the molecule is CC1(C)[C@H](C(=O)O[C@@H](C#N)c2cccc(Oc3cccc(F)c3)c2)[C@@H]1C=C(Br)Br. The van der Waals surface area contributed by atoms with Gasteiger partial charge in [0.2, 0.25) is 6.10 Å². The Morgan fingerprint density at radius 1 is 1.21 bits per heavy atom. The van der Waals surface area contributed by atoms with E-state index in [0.29, 0.717) is 17.1 Å². The van der Waals surface area contributed by atoms with Gasteiger partial charge in [-0.3, -0.25) is 4.79 Å². The van der Waals surface area contributed by atoms with Crippen molar-refractivity contribution in [3.8, 4) is 17.6 Å². The molecule has 29 heavy (non-hydrogen) atoms. The van der Waals surface area contributed by atoms with Gasteiger partial charge in [-0.05, 0) is 67.5 Å². The average molecular weight is 523 g/mol. The molecule has 4 nitrogen and oxygen atoms in total. The number of carbonyl (C=O) groups excluding carboxylic acids is 1. The summed E-state index contributed by atoms with van der Waals surface area (Å²) in [5.74, 6) is -0.378. The molecule has 1 fully saturated rings. The first-order valence-electron chi connectivity index (χ1n) is 8.88. The molecular weight excluding hydrogens is 505 g/mol. The van der Waals surface area contributed by atoms with Crippen LogP contribution in [0.4, 0.5) is 4.39 Å². The first-order chi connectivity index (χ1) is 13.7. The quantitative estimate of drug-likeness (QED) is 0.399. The summed E-state index contributed by atoms with van der Waals surface area (Å²) in [6, 6.07) is 14.4. The molecule has 0 heterocycles. The number of nitriles is 1. The molecule has 0 spiro atoms. The molecule has 7 heteroatoms. The molecule has 0 amide bonds. The maximum Gasteiger partial charge on any atom is 0.311 e. The number of esters is 1. The highest BCUT2D eigenvalue weighted by Crippen LogP contribution is 2.60. The maximum atomic E-state index is 13.3. The maximum absolute atomic E-state index is 13.3. The summed E-state index contributed by atoms with van der Waals surface area (Å²) in [5.41, 5.74) is 0.244. The molecule has 1 aliphatic rings. The Bertz CT molecular complexity index is 996. The van der Waals surface area contributed by atoms with Crippen molar-refractivity contribution in [1.29, 1.82) is 5.26 Å². The second-order valence-corrected chi connectivity index (χ2v) is 10.1. The van der Waals surface area contributed by atoms with Gasteiger partial charge in [-0.15, -0.1) is 0 Å². The molecule has 3 atom stereocenters. The van der Waals surface area contributed by atoms with Gasteiger partial charge in [0.1, 0.15) is 23.4 Å². The van der Waals surface area contributed by atoms with Crippen molar-refractivity contribution in [2.45, 2.75) is 20.0 Å². The van der Waals surface area contributed by atoms with Gasteiger partial charge < -0.3 is 9.47 Å². The van der Waals surface area contributed by atoms with Crippen LogP contribution in [0.25, 0.3) is 0 Å². The Labute approximate surface area is 185 Å². The van der Waals surface area contributed by atoms with Crippen LogP contribution in [0.5, 0.6) is 11.5 Å². The summed E-state index contributed by atoms with van der Waals surface area (Å²) in [4.78, 5) is 12.7. The number of benzene rings is 2. The van der Waals surface area contributed by atoms with Crippen molar-refractivity contribution in [3.05, 3.63) is 69.4 Å². The van der Waals surface area contributed by atoms with Crippen molar-refractivity contribution in [2.75, 3.05) is 0 Å². The number of nitrogens with zero attached hydrogens (tertiary/aromatic N) is 1. The summed E-state index contributed by atoms with van der Waals surface area (Å²) in [7, 11) is 0.